The summed E-state index contributed by atoms with van der Waals surface area (Å²) in [6, 6.07) is -0.0551. The fraction of sp³-hybridized carbons (Fsp3) is 0.917. The van der Waals surface area contributed by atoms with Gasteiger partial charge in [0.1, 0.15) is 6.04 Å². The standard InChI is InChI=1S/C12H23NO3/c1-3-11(12(14)15)13-8-6-5-7-10(13)9-16-4-2/h10-11H,3-9H2,1-2H3,(H,14,15)/t10-,11-/m0/s1. The molecule has 2 atom stereocenters. The van der Waals surface area contributed by atoms with Crippen LogP contribution < -0.4 is 0 Å². The van der Waals surface area contributed by atoms with Crippen molar-refractivity contribution in [3.8, 4) is 0 Å². The fourth-order valence-corrected chi connectivity index (χ4v) is 2.42. The van der Waals surface area contributed by atoms with Crippen LogP contribution in [-0.4, -0.2) is 47.8 Å². The Balaban J connectivity index is 2.60. The van der Waals surface area contributed by atoms with Gasteiger partial charge in [-0.2, -0.15) is 0 Å². The van der Waals surface area contributed by atoms with E-state index < -0.39 is 5.97 Å². The summed E-state index contributed by atoms with van der Waals surface area (Å²) in [6.07, 6.45) is 4.01. The number of carbonyl (C=O) groups is 1. The first-order valence-electron chi connectivity index (χ1n) is 6.27. The molecule has 4 nitrogen and oxygen atoms in total. The highest BCUT2D eigenvalue weighted by Crippen LogP contribution is 2.21. The SMILES string of the molecule is CCOC[C@@H]1CCCCN1[C@@H](CC)C(=O)O. The van der Waals surface area contributed by atoms with Crippen molar-refractivity contribution in [2.75, 3.05) is 19.8 Å². The van der Waals surface area contributed by atoms with E-state index in [4.69, 9.17) is 4.74 Å². The molecular weight excluding hydrogens is 206 g/mol. The molecule has 0 unspecified atom stereocenters. The molecule has 4 heteroatoms. The molecule has 1 saturated heterocycles. The van der Waals surface area contributed by atoms with Crippen LogP contribution in [0.25, 0.3) is 0 Å². The van der Waals surface area contributed by atoms with Gasteiger partial charge in [-0.15, -0.1) is 0 Å². The van der Waals surface area contributed by atoms with Crippen LogP contribution in [0.5, 0.6) is 0 Å². The van der Waals surface area contributed by atoms with Crippen molar-refractivity contribution in [2.24, 2.45) is 0 Å². The molecule has 0 amide bonds. The zero-order chi connectivity index (χ0) is 12.0. The highest BCUT2D eigenvalue weighted by atomic mass is 16.5. The Morgan fingerprint density at radius 1 is 1.50 bits per heavy atom. The van der Waals surface area contributed by atoms with Gasteiger partial charge in [0.05, 0.1) is 6.61 Å². The third-order valence-corrected chi connectivity index (χ3v) is 3.26. The van der Waals surface area contributed by atoms with E-state index in [2.05, 4.69) is 4.90 Å². The predicted octanol–water partition coefficient (Wildman–Crippen LogP) is 1.74. The van der Waals surface area contributed by atoms with Crippen LogP contribution in [0.15, 0.2) is 0 Å². The molecule has 1 rings (SSSR count). The molecule has 0 aromatic carbocycles. The highest BCUT2D eigenvalue weighted by molar-refractivity contribution is 5.73. The zero-order valence-corrected chi connectivity index (χ0v) is 10.3. The third kappa shape index (κ3) is 3.46. The van der Waals surface area contributed by atoms with Gasteiger partial charge in [-0.25, -0.2) is 0 Å². The number of ether oxygens (including phenoxy) is 1. The molecule has 0 bridgehead atoms. The maximum Gasteiger partial charge on any atom is 0.320 e. The summed E-state index contributed by atoms with van der Waals surface area (Å²) < 4.78 is 5.44. The first-order valence-corrected chi connectivity index (χ1v) is 6.27. The number of nitrogens with zero attached hydrogens (tertiary/aromatic N) is 1. The van der Waals surface area contributed by atoms with Gasteiger partial charge in [0.2, 0.25) is 0 Å². The van der Waals surface area contributed by atoms with Gasteiger partial charge < -0.3 is 9.84 Å². The highest BCUT2D eigenvalue weighted by Gasteiger charge is 2.31. The molecule has 16 heavy (non-hydrogen) atoms. The number of aliphatic carboxylic acids is 1. The van der Waals surface area contributed by atoms with Crippen molar-refractivity contribution in [1.82, 2.24) is 4.90 Å². The average molecular weight is 229 g/mol. The lowest BCUT2D eigenvalue weighted by atomic mass is 9.99. The molecule has 0 aromatic heterocycles. The Hall–Kier alpha value is -0.610. The van der Waals surface area contributed by atoms with Crippen molar-refractivity contribution in [3.05, 3.63) is 0 Å². The lowest BCUT2D eigenvalue weighted by Crippen LogP contribution is -2.51. The first kappa shape index (κ1) is 13.5. The zero-order valence-electron chi connectivity index (χ0n) is 10.3. The molecular formula is C12H23NO3. The second-order valence-electron chi connectivity index (χ2n) is 4.31. The van der Waals surface area contributed by atoms with Gasteiger partial charge >= 0.3 is 5.97 Å². The number of rotatable bonds is 6. The summed E-state index contributed by atoms with van der Waals surface area (Å²) in [6.45, 7) is 6.17. The largest absolute Gasteiger partial charge is 0.480 e. The Bertz CT molecular complexity index is 220. The van der Waals surface area contributed by atoms with Crippen LogP contribution in [0, 0.1) is 0 Å². The van der Waals surface area contributed by atoms with Gasteiger partial charge in [0.25, 0.3) is 0 Å². The summed E-state index contributed by atoms with van der Waals surface area (Å²) in [7, 11) is 0. The van der Waals surface area contributed by atoms with Crippen LogP contribution >= 0.6 is 0 Å². The van der Waals surface area contributed by atoms with Gasteiger partial charge in [-0.1, -0.05) is 13.3 Å². The molecule has 0 aliphatic carbocycles. The summed E-state index contributed by atoms with van der Waals surface area (Å²) in [4.78, 5) is 13.3. The van der Waals surface area contributed by atoms with E-state index in [9.17, 15) is 9.90 Å². The number of carboxylic acid groups (broad SMARTS) is 1. The summed E-state index contributed by atoms with van der Waals surface area (Å²) in [5.74, 6) is -0.703. The Morgan fingerprint density at radius 2 is 2.25 bits per heavy atom. The van der Waals surface area contributed by atoms with Crippen molar-refractivity contribution in [2.45, 2.75) is 51.6 Å². The molecule has 94 valence electrons. The Morgan fingerprint density at radius 3 is 2.81 bits per heavy atom. The van der Waals surface area contributed by atoms with Gasteiger partial charge in [0, 0.05) is 12.6 Å². The second-order valence-corrected chi connectivity index (χ2v) is 4.31. The van der Waals surface area contributed by atoms with E-state index in [1.807, 2.05) is 13.8 Å². The molecule has 0 aromatic rings. The molecule has 1 fully saturated rings. The van der Waals surface area contributed by atoms with Crippen LogP contribution in [0.1, 0.15) is 39.5 Å². The van der Waals surface area contributed by atoms with E-state index in [0.29, 0.717) is 19.6 Å². The normalized spacial score (nSPS) is 24.2. The molecule has 0 radical (unpaired) electrons. The minimum Gasteiger partial charge on any atom is -0.480 e. The van der Waals surface area contributed by atoms with Crippen LogP contribution in [0.2, 0.25) is 0 Å². The van der Waals surface area contributed by atoms with Crippen molar-refractivity contribution in [3.63, 3.8) is 0 Å². The number of hydrogen-bond donors (Lipinski definition) is 1. The van der Waals surface area contributed by atoms with E-state index in [1.165, 1.54) is 6.42 Å². The maximum absolute atomic E-state index is 11.2. The number of hydrogen-bond acceptors (Lipinski definition) is 3. The Kier molecular flexibility index (Phi) is 5.77. The molecule has 1 aliphatic heterocycles. The molecule has 1 aliphatic rings. The average Bonchev–Trinajstić information content (AvgIpc) is 2.28. The summed E-state index contributed by atoms with van der Waals surface area (Å²) in [5, 5.41) is 9.19. The van der Waals surface area contributed by atoms with E-state index in [-0.39, 0.29) is 12.1 Å². The lowest BCUT2D eigenvalue weighted by Gasteiger charge is -2.38. The van der Waals surface area contributed by atoms with Gasteiger partial charge in [0.15, 0.2) is 0 Å². The van der Waals surface area contributed by atoms with Gasteiger partial charge in [-0.05, 0) is 32.7 Å². The maximum atomic E-state index is 11.2. The van der Waals surface area contributed by atoms with E-state index in [0.717, 1.165) is 19.4 Å². The van der Waals surface area contributed by atoms with Crippen molar-refractivity contribution < 1.29 is 14.6 Å². The van der Waals surface area contributed by atoms with Crippen molar-refractivity contribution in [1.29, 1.82) is 0 Å². The molecule has 0 saturated carbocycles. The third-order valence-electron chi connectivity index (χ3n) is 3.26. The van der Waals surface area contributed by atoms with Crippen molar-refractivity contribution >= 4 is 5.97 Å². The topological polar surface area (TPSA) is 49.8 Å². The fourth-order valence-electron chi connectivity index (χ4n) is 2.42. The lowest BCUT2D eigenvalue weighted by molar-refractivity contribution is -0.145. The van der Waals surface area contributed by atoms with Crippen LogP contribution in [-0.2, 0) is 9.53 Å². The summed E-state index contributed by atoms with van der Waals surface area (Å²) >= 11 is 0. The molecule has 0 spiro atoms. The monoisotopic (exact) mass is 229 g/mol. The first-order chi connectivity index (χ1) is 7.70. The van der Waals surface area contributed by atoms with Crippen LogP contribution in [0.4, 0.5) is 0 Å². The smallest absolute Gasteiger partial charge is 0.320 e. The summed E-state index contributed by atoms with van der Waals surface area (Å²) in [5.41, 5.74) is 0. The number of likely N-dealkylation sites (tertiary alicyclic amines) is 1. The number of piperidine rings is 1. The van der Waals surface area contributed by atoms with E-state index >= 15 is 0 Å². The van der Waals surface area contributed by atoms with E-state index in [1.54, 1.807) is 0 Å². The van der Waals surface area contributed by atoms with Crippen LogP contribution in [0.3, 0.4) is 0 Å². The molecule has 1 N–H and O–H groups in total. The van der Waals surface area contributed by atoms with Gasteiger partial charge in [-0.3, -0.25) is 9.69 Å². The minimum atomic E-state index is -0.703. The number of carboxylic acids is 1. The Labute approximate surface area is 97.6 Å². The predicted molar refractivity (Wildman–Crippen MR) is 62.6 cm³/mol. The minimum absolute atomic E-state index is 0.287. The quantitative estimate of drug-likeness (QED) is 0.753. The second kappa shape index (κ2) is 6.86. The molecule has 1 heterocycles.